The van der Waals surface area contributed by atoms with Gasteiger partial charge < -0.3 is 0 Å². The number of nitrogens with zero attached hydrogens (tertiary/aromatic N) is 2. The Balaban J connectivity index is 2.45. The molecule has 2 aromatic heterocycles. The van der Waals surface area contributed by atoms with Gasteiger partial charge in [-0.3, -0.25) is 0 Å². The van der Waals surface area contributed by atoms with Gasteiger partial charge in [-0.2, -0.15) is 0 Å². The molecule has 0 amide bonds. The summed E-state index contributed by atoms with van der Waals surface area (Å²) in [6, 6.07) is 3.85. The van der Waals surface area contributed by atoms with Crippen LogP contribution in [0.5, 0.6) is 0 Å². The molecule has 2 rings (SSSR count). The van der Waals surface area contributed by atoms with Gasteiger partial charge in [0, 0.05) is 0 Å². The number of hydrogen-bond acceptors (Lipinski definition) is 3. The molecule has 0 aliphatic heterocycles. The fourth-order valence-electron chi connectivity index (χ4n) is 0.724. The molecule has 0 atom stereocenters. The molecule has 0 unspecified atom stereocenters. The third-order valence-electron chi connectivity index (χ3n) is 1.19. The van der Waals surface area contributed by atoms with Crippen LogP contribution in [0.1, 0.15) is 0 Å². The average Bonchev–Trinajstić information content (AvgIpc) is 2.55. The molecule has 0 fully saturated rings. The van der Waals surface area contributed by atoms with Gasteiger partial charge in [-0.1, -0.05) is 0 Å². The van der Waals surface area contributed by atoms with Crippen LogP contribution in [-0.2, 0) is 0 Å². The molecule has 0 saturated carbocycles. The first kappa shape index (κ1) is 7.50. The molecule has 0 bridgehead atoms. The van der Waals surface area contributed by atoms with E-state index in [1.807, 2.05) is 12.1 Å². The molecule has 0 aliphatic carbocycles. The van der Waals surface area contributed by atoms with E-state index < -0.39 is 0 Å². The number of halogens is 1. The van der Waals surface area contributed by atoms with Gasteiger partial charge in [0.25, 0.3) is 0 Å². The normalized spacial score (nSPS) is 10.3. The zero-order valence-electron chi connectivity index (χ0n) is 5.32. The van der Waals surface area contributed by atoms with Gasteiger partial charge in [0.2, 0.25) is 0 Å². The minimum absolute atomic E-state index is 0.214. The van der Waals surface area contributed by atoms with E-state index >= 15 is 0 Å². The van der Waals surface area contributed by atoms with Crippen molar-refractivity contribution >= 4 is 37.7 Å². The van der Waals surface area contributed by atoms with E-state index in [-0.39, 0.29) is 14.7 Å². The summed E-state index contributed by atoms with van der Waals surface area (Å²) >= 11 is 7.52. The van der Waals surface area contributed by atoms with Gasteiger partial charge in [0.05, 0.1) is 0 Å². The van der Waals surface area contributed by atoms with Gasteiger partial charge in [0.1, 0.15) is 0 Å². The van der Waals surface area contributed by atoms with E-state index in [1.165, 1.54) is 11.3 Å². The van der Waals surface area contributed by atoms with Crippen molar-refractivity contribution in [3.8, 4) is 10.6 Å². The molecule has 11 heavy (non-hydrogen) atoms. The fourth-order valence-corrected chi connectivity index (χ4v) is 2.85. The maximum atomic E-state index is 5.76. The van der Waals surface area contributed by atoms with E-state index in [2.05, 4.69) is 14.1 Å². The van der Waals surface area contributed by atoms with Crippen molar-refractivity contribution in [2.45, 2.75) is 0 Å². The third-order valence-corrected chi connectivity index (χ3v) is 3.50. The Morgan fingerprint density at radius 1 is 1.45 bits per heavy atom. The number of hydrogen-bond donors (Lipinski definition) is 0. The SMILES string of the molecule is Clc1ccc(-c2c[se]nn2)s1. The third kappa shape index (κ3) is 1.54. The van der Waals surface area contributed by atoms with Crippen molar-refractivity contribution in [2.24, 2.45) is 0 Å². The van der Waals surface area contributed by atoms with Gasteiger partial charge >= 0.3 is 78.8 Å². The first-order chi connectivity index (χ1) is 5.36. The number of aromatic nitrogens is 2. The van der Waals surface area contributed by atoms with Crippen LogP contribution in [0.3, 0.4) is 0 Å². The first-order valence-electron chi connectivity index (χ1n) is 2.89. The molecule has 56 valence electrons. The first-order valence-corrected chi connectivity index (χ1v) is 5.84. The summed E-state index contributed by atoms with van der Waals surface area (Å²) in [6.45, 7) is 0. The second-order valence-electron chi connectivity index (χ2n) is 1.89. The molecule has 0 N–H and O–H groups in total. The zero-order chi connectivity index (χ0) is 7.68. The molecule has 0 saturated heterocycles. The number of rotatable bonds is 1. The van der Waals surface area contributed by atoms with Crippen LogP contribution in [0.25, 0.3) is 10.6 Å². The van der Waals surface area contributed by atoms with E-state index in [0.29, 0.717) is 0 Å². The Morgan fingerprint density at radius 2 is 2.36 bits per heavy atom. The van der Waals surface area contributed by atoms with Crippen molar-refractivity contribution < 1.29 is 0 Å². The number of thiophene rings is 1. The Labute approximate surface area is 78.8 Å². The summed E-state index contributed by atoms with van der Waals surface area (Å²) in [5.74, 6) is 0. The zero-order valence-corrected chi connectivity index (χ0v) is 8.61. The second kappa shape index (κ2) is 3.07. The van der Waals surface area contributed by atoms with Gasteiger partial charge in [-0.15, -0.1) is 0 Å². The van der Waals surface area contributed by atoms with E-state index in [4.69, 9.17) is 11.6 Å². The predicted octanol–water partition coefficient (Wildman–Crippen LogP) is 1.92. The van der Waals surface area contributed by atoms with Gasteiger partial charge in [0.15, 0.2) is 0 Å². The summed E-state index contributed by atoms with van der Waals surface area (Å²) < 4.78 is 4.71. The summed E-state index contributed by atoms with van der Waals surface area (Å²) in [4.78, 5) is 3.16. The maximum absolute atomic E-state index is 5.76. The molecule has 0 radical (unpaired) electrons. The summed E-state index contributed by atoms with van der Waals surface area (Å²) in [6.07, 6.45) is 0. The van der Waals surface area contributed by atoms with E-state index in [0.717, 1.165) is 14.9 Å². The molecule has 0 aliphatic rings. The molecular weight excluding hydrogens is 247 g/mol. The molecule has 2 heterocycles. The molecule has 0 spiro atoms. The minimum atomic E-state index is 0.214. The van der Waals surface area contributed by atoms with Crippen LogP contribution in [-0.4, -0.2) is 23.9 Å². The predicted molar refractivity (Wildman–Crippen MR) is 47.3 cm³/mol. The van der Waals surface area contributed by atoms with Crippen molar-refractivity contribution in [3.05, 3.63) is 21.4 Å². The van der Waals surface area contributed by atoms with Crippen molar-refractivity contribution in [1.82, 2.24) is 9.19 Å². The van der Waals surface area contributed by atoms with Gasteiger partial charge in [-0.05, 0) is 0 Å². The average molecular weight is 250 g/mol. The van der Waals surface area contributed by atoms with Crippen LogP contribution in [0.15, 0.2) is 17.1 Å². The summed E-state index contributed by atoms with van der Waals surface area (Å²) in [5, 5.41) is 3.98. The Morgan fingerprint density at radius 3 is 2.91 bits per heavy atom. The standard InChI is InChI=1S/C6H3ClN2SSe/c7-6-2-1-5(10-6)4-3-11-9-8-4/h1-3H. The van der Waals surface area contributed by atoms with Crippen LogP contribution in [0, 0.1) is 0 Å². The Hall–Kier alpha value is -0.151. The molecule has 2 nitrogen and oxygen atoms in total. The van der Waals surface area contributed by atoms with E-state index in [9.17, 15) is 0 Å². The van der Waals surface area contributed by atoms with Crippen LogP contribution < -0.4 is 0 Å². The van der Waals surface area contributed by atoms with Crippen molar-refractivity contribution in [2.75, 3.05) is 0 Å². The fraction of sp³-hybridized carbons (Fsp3) is 0. The second-order valence-corrected chi connectivity index (χ2v) is 4.89. The van der Waals surface area contributed by atoms with Gasteiger partial charge in [-0.25, -0.2) is 0 Å². The molecule has 2 aromatic rings. The molecular formula is C6H3ClN2SSe. The topological polar surface area (TPSA) is 25.8 Å². The Kier molecular flexibility index (Phi) is 2.09. The quantitative estimate of drug-likeness (QED) is 0.722. The molecule has 0 aromatic carbocycles. The molecule has 5 heteroatoms. The van der Waals surface area contributed by atoms with E-state index in [1.54, 1.807) is 0 Å². The van der Waals surface area contributed by atoms with Crippen molar-refractivity contribution in [1.29, 1.82) is 0 Å². The van der Waals surface area contributed by atoms with Crippen molar-refractivity contribution in [3.63, 3.8) is 0 Å². The summed E-state index contributed by atoms with van der Waals surface area (Å²) in [5.41, 5.74) is 0.974. The van der Waals surface area contributed by atoms with Crippen LogP contribution >= 0.6 is 22.9 Å². The summed E-state index contributed by atoms with van der Waals surface area (Å²) in [7, 11) is 0. The Bertz CT molecular complexity index is 343. The monoisotopic (exact) mass is 250 g/mol. The van der Waals surface area contributed by atoms with Crippen LogP contribution in [0.2, 0.25) is 4.34 Å². The van der Waals surface area contributed by atoms with Crippen LogP contribution in [0.4, 0.5) is 0 Å².